The fourth-order valence-corrected chi connectivity index (χ4v) is 2.63. The lowest BCUT2D eigenvalue weighted by Gasteiger charge is -2.10. The van der Waals surface area contributed by atoms with Crippen LogP contribution in [-0.4, -0.2) is 33.7 Å². The van der Waals surface area contributed by atoms with Crippen LogP contribution in [0.3, 0.4) is 0 Å². The van der Waals surface area contributed by atoms with Crippen LogP contribution >= 0.6 is 11.6 Å². The molecule has 2 aromatic rings. The lowest BCUT2D eigenvalue weighted by molar-refractivity contribution is -0.121. The third-order valence-corrected chi connectivity index (χ3v) is 3.94. The van der Waals surface area contributed by atoms with E-state index in [2.05, 4.69) is 21.9 Å². The first-order chi connectivity index (χ1) is 10.6. The second-order valence-corrected chi connectivity index (χ2v) is 5.76. The molecule has 0 saturated heterocycles. The summed E-state index contributed by atoms with van der Waals surface area (Å²) in [4.78, 5) is 25.7. The Labute approximate surface area is 133 Å². The van der Waals surface area contributed by atoms with Gasteiger partial charge in [0.2, 0.25) is 0 Å². The number of carbonyl (C=O) groups excluding carboxylic acids is 1. The van der Waals surface area contributed by atoms with Gasteiger partial charge in [-0.25, -0.2) is 9.98 Å². The van der Waals surface area contributed by atoms with Gasteiger partial charge < -0.3 is 4.98 Å². The molecule has 1 aliphatic rings. The summed E-state index contributed by atoms with van der Waals surface area (Å²) in [5, 5.41) is 1.45. The Morgan fingerprint density at radius 1 is 1.45 bits per heavy atom. The van der Waals surface area contributed by atoms with Crippen LogP contribution in [0.4, 0.5) is 0 Å². The van der Waals surface area contributed by atoms with Gasteiger partial charge in [0.25, 0.3) is 5.91 Å². The Hall–Kier alpha value is -2.14. The van der Waals surface area contributed by atoms with E-state index in [-0.39, 0.29) is 5.91 Å². The Bertz CT molecular complexity index is 791. The van der Waals surface area contributed by atoms with Gasteiger partial charge in [-0.1, -0.05) is 24.9 Å². The number of hydrogen-bond donors (Lipinski definition) is 1. The molecule has 0 radical (unpaired) electrons. The molecule has 6 heteroatoms. The van der Waals surface area contributed by atoms with Crippen molar-refractivity contribution >= 4 is 40.5 Å². The van der Waals surface area contributed by atoms with Gasteiger partial charge >= 0.3 is 0 Å². The number of hydrogen-bond acceptors (Lipinski definition) is 3. The van der Waals surface area contributed by atoms with Crippen LogP contribution in [-0.2, 0) is 4.79 Å². The number of amides is 1. The molecule has 1 N–H and O–H groups in total. The number of carbonyl (C=O) groups is 1. The number of halogens is 1. The Morgan fingerprint density at radius 2 is 2.27 bits per heavy atom. The molecule has 5 nitrogen and oxygen atoms in total. The number of nitrogens with zero attached hydrogens (tertiary/aromatic N) is 3. The summed E-state index contributed by atoms with van der Waals surface area (Å²) in [5.41, 5.74) is 2.06. The van der Waals surface area contributed by atoms with Crippen molar-refractivity contribution in [3.05, 3.63) is 34.7 Å². The molecule has 0 atom stereocenters. The molecule has 0 fully saturated rings. The number of fused-ring (bicyclic) bond motifs is 1. The van der Waals surface area contributed by atoms with Gasteiger partial charge in [0.1, 0.15) is 17.2 Å². The predicted molar refractivity (Wildman–Crippen MR) is 88.8 cm³/mol. The van der Waals surface area contributed by atoms with Crippen molar-refractivity contribution in [1.82, 2.24) is 14.9 Å². The summed E-state index contributed by atoms with van der Waals surface area (Å²) < 4.78 is 0. The average Bonchev–Trinajstić information content (AvgIpc) is 3.02. The topological polar surface area (TPSA) is 61.4 Å². The van der Waals surface area contributed by atoms with Crippen molar-refractivity contribution in [1.29, 1.82) is 0 Å². The number of aromatic nitrogens is 2. The van der Waals surface area contributed by atoms with Crippen molar-refractivity contribution in [2.24, 2.45) is 4.99 Å². The predicted octanol–water partition coefficient (Wildman–Crippen LogP) is 3.62. The van der Waals surface area contributed by atoms with Crippen LogP contribution in [0.25, 0.3) is 17.1 Å². The summed E-state index contributed by atoms with van der Waals surface area (Å²) >= 11 is 6.00. The van der Waals surface area contributed by atoms with Crippen LogP contribution < -0.4 is 0 Å². The second-order valence-electron chi connectivity index (χ2n) is 5.32. The van der Waals surface area contributed by atoms with E-state index >= 15 is 0 Å². The van der Waals surface area contributed by atoms with Crippen LogP contribution in [0.1, 0.15) is 31.7 Å². The van der Waals surface area contributed by atoms with Crippen molar-refractivity contribution in [2.75, 3.05) is 7.05 Å². The molecule has 114 valence electrons. The molecule has 22 heavy (non-hydrogen) atoms. The zero-order chi connectivity index (χ0) is 15.7. The highest BCUT2D eigenvalue weighted by Gasteiger charge is 2.26. The first kappa shape index (κ1) is 14.8. The number of amidine groups is 1. The summed E-state index contributed by atoms with van der Waals surface area (Å²) in [6.07, 6.45) is 8.11. The second kappa shape index (κ2) is 5.93. The number of rotatable bonds is 4. The van der Waals surface area contributed by atoms with E-state index in [9.17, 15) is 4.79 Å². The lowest BCUT2D eigenvalue weighted by atomic mass is 10.2. The SMILES string of the molecule is CCCCC1=NC(=Cc2c[nH]c3ncc(Cl)cc23)C(=O)N1C. The number of nitrogens with one attached hydrogen (secondary N) is 1. The Morgan fingerprint density at radius 3 is 3.05 bits per heavy atom. The molecule has 0 saturated carbocycles. The largest absolute Gasteiger partial charge is 0.346 e. The third-order valence-electron chi connectivity index (χ3n) is 3.74. The average molecular weight is 317 g/mol. The normalized spacial score (nSPS) is 16.9. The number of aliphatic imine (C=N–C) groups is 1. The van der Waals surface area contributed by atoms with Crippen molar-refractivity contribution in [3.63, 3.8) is 0 Å². The maximum absolute atomic E-state index is 12.3. The van der Waals surface area contributed by atoms with Crippen LogP contribution in [0.2, 0.25) is 5.02 Å². The summed E-state index contributed by atoms with van der Waals surface area (Å²) in [7, 11) is 1.77. The zero-order valence-corrected chi connectivity index (χ0v) is 13.3. The molecule has 0 unspecified atom stereocenters. The quantitative estimate of drug-likeness (QED) is 0.876. The number of likely N-dealkylation sites (N-methyl/N-ethyl adjacent to an activating group) is 1. The molecule has 2 aromatic heterocycles. The molecular formula is C16H17ClN4O. The smallest absolute Gasteiger partial charge is 0.277 e. The fourth-order valence-electron chi connectivity index (χ4n) is 2.47. The highest BCUT2D eigenvalue weighted by molar-refractivity contribution is 6.31. The van der Waals surface area contributed by atoms with Gasteiger partial charge in [-0.15, -0.1) is 0 Å². The van der Waals surface area contributed by atoms with Crippen molar-refractivity contribution < 1.29 is 4.79 Å². The third kappa shape index (κ3) is 2.64. The first-order valence-electron chi connectivity index (χ1n) is 7.30. The van der Waals surface area contributed by atoms with E-state index in [0.717, 1.165) is 41.7 Å². The molecule has 3 rings (SSSR count). The lowest BCUT2D eigenvalue weighted by Crippen LogP contribution is -2.27. The summed E-state index contributed by atoms with van der Waals surface area (Å²) in [6, 6.07) is 1.83. The Kier molecular flexibility index (Phi) is 3.98. The van der Waals surface area contributed by atoms with E-state index in [0.29, 0.717) is 10.7 Å². The minimum Gasteiger partial charge on any atom is -0.346 e. The highest BCUT2D eigenvalue weighted by Crippen LogP contribution is 2.25. The molecule has 0 aromatic carbocycles. The van der Waals surface area contributed by atoms with Crippen molar-refractivity contribution in [2.45, 2.75) is 26.2 Å². The Balaban J connectivity index is 1.98. The molecule has 1 aliphatic heterocycles. The van der Waals surface area contributed by atoms with E-state index in [1.807, 2.05) is 12.3 Å². The molecular weight excluding hydrogens is 300 g/mol. The molecule has 3 heterocycles. The minimum atomic E-state index is -0.0737. The number of H-pyrrole nitrogens is 1. The monoisotopic (exact) mass is 316 g/mol. The van der Waals surface area contributed by atoms with Crippen LogP contribution in [0.5, 0.6) is 0 Å². The first-order valence-corrected chi connectivity index (χ1v) is 7.68. The van der Waals surface area contributed by atoms with E-state index < -0.39 is 0 Å². The van der Waals surface area contributed by atoms with Crippen LogP contribution in [0.15, 0.2) is 29.1 Å². The maximum atomic E-state index is 12.3. The molecule has 0 spiro atoms. The van der Waals surface area contributed by atoms with Crippen LogP contribution in [0, 0.1) is 0 Å². The maximum Gasteiger partial charge on any atom is 0.277 e. The number of aromatic amines is 1. The molecule has 0 aliphatic carbocycles. The zero-order valence-electron chi connectivity index (χ0n) is 12.6. The van der Waals surface area contributed by atoms with E-state index in [1.165, 1.54) is 0 Å². The van der Waals surface area contributed by atoms with Gasteiger partial charge in [0.05, 0.1) is 5.02 Å². The van der Waals surface area contributed by atoms with E-state index in [4.69, 9.17) is 11.6 Å². The number of unbranched alkanes of at least 4 members (excludes halogenated alkanes) is 1. The molecule has 1 amide bonds. The highest BCUT2D eigenvalue weighted by atomic mass is 35.5. The minimum absolute atomic E-state index is 0.0737. The van der Waals surface area contributed by atoms with Gasteiger partial charge in [-0.05, 0) is 18.6 Å². The molecule has 0 bridgehead atoms. The standard InChI is InChI=1S/C16H17ClN4O/c1-3-4-5-14-20-13(16(22)21(14)2)6-10-8-18-15-12(10)7-11(17)9-19-15/h6-9H,3-5H2,1-2H3,(H,18,19). The number of pyridine rings is 1. The van der Waals surface area contributed by atoms with E-state index in [1.54, 1.807) is 24.2 Å². The van der Waals surface area contributed by atoms with Gasteiger partial charge in [-0.3, -0.25) is 9.69 Å². The fraction of sp³-hybridized carbons (Fsp3) is 0.312. The summed E-state index contributed by atoms with van der Waals surface area (Å²) in [5.74, 6) is 0.754. The van der Waals surface area contributed by atoms with Gasteiger partial charge in [0.15, 0.2) is 0 Å². The van der Waals surface area contributed by atoms with Gasteiger partial charge in [-0.2, -0.15) is 0 Å². The summed E-state index contributed by atoms with van der Waals surface area (Å²) in [6.45, 7) is 2.12. The van der Waals surface area contributed by atoms with Gasteiger partial charge in [0, 0.05) is 36.8 Å². The van der Waals surface area contributed by atoms with Crippen molar-refractivity contribution in [3.8, 4) is 0 Å².